The summed E-state index contributed by atoms with van der Waals surface area (Å²) in [5, 5.41) is 14.2. The van der Waals surface area contributed by atoms with E-state index in [2.05, 4.69) is 67.1 Å². The maximum absolute atomic E-state index is 2.40. The van der Waals surface area contributed by atoms with E-state index in [1.165, 1.54) is 65.0 Å². The van der Waals surface area contributed by atoms with Crippen molar-refractivity contribution in [2.24, 2.45) is 0 Å². The van der Waals surface area contributed by atoms with Crippen molar-refractivity contribution in [2.75, 3.05) is 0 Å². The Labute approximate surface area is 139 Å². The molecule has 0 radical (unpaired) electrons. The molecule has 1 aliphatic rings. The molecule has 7 rings (SSSR count). The lowest BCUT2D eigenvalue weighted by molar-refractivity contribution is 1.18. The van der Waals surface area contributed by atoms with Crippen LogP contribution in [0.4, 0.5) is 0 Å². The zero-order valence-electron chi connectivity index (χ0n) is 13.1. The monoisotopic (exact) mass is 301 g/mol. The molecule has 0 fully saturated rings. The van der Waals surface area contributed by atoms with Crippen molar-refractivity contribution in [2.45, 2.75) is 6.42 Å². The fourth-order valence-corrected chi connectivity index (χ4v) is 5.04. The lowest BCUT2D eigenvalue weighted by atomic mass is 9.79. The van der Waals surface area contributed by atoms with Gasteiger partial charge in [0.1, 0.15) is 0 Å². The standard InChI is InChI=1S/C24H13/c1-2-14-5-6-16-9-11-18-12-10-17-8-7-15-4-3-13(1)19-20(14)22(16)24(18)23(17)21(15)19/h1-11H,12H2/q-1. The van der Waals surface area contributed by atoms with E-state index in [4.69, 9.17) is 0 Å². The summed E-state index contributed by atoms with van der Waals surface area (Å²) in [6, 6.07) is 22.9. The van der Waals surface area contributed by atoms with Crippen molar-refractivity contribution in [3.05, 3.63) is 78.2 Å². The summed E-state index contributed by atoms with van der Waals surface area (Å²) in [6.45, 7) is 0. The van der Waals surface area contributed by atoms with Crippen LogP contribution in [0.5, 0.6) is 0 Å². The molecule has 0 aromatic heterocycles. The van der Waals surface area contributed by atoms with Crippen LogP contribution in [0.25, 0.3) is 53.9 Å². The second-order valence-corrected chi connectivity index (χ2v) is 7.13. The predicted octanol–water partition coefficient (Wildman–Crippen LogP) is 6.44. The number of rotatable bonds is 0. The zero-order chi connectivity index (χ0) is 15.4. The van der Waals surface area contributed by atoms with Crippen molar-refractivity contribution >= 4 is 53.9 Å². The van der Waals surface area contributed by atoms with Crippen LogP contribution in [-0.2, 0) is 6.42 Å². The third kappa shape index (κ3) is 1.10. The second-order valence-electron chi connectivity index (χ2n) is 7.13. The van der Waals surface area contributed by atoms with Crippen LogP contribution in [0.15, 0.2) is 60.7 Å². The summed E-state index contributed by atoms with van der Waals surface area (Å²) in [5.41, 5.74) is 2.88. The molecule has 0 aliphatic heterocycles. The van der Waals surface area contributed by atoms with E-state index in [0.717, 1.165) is 6.42 Å². The third-order valence-corrected chi connectivity index (χ3v) is 6.04. The van der Waals surface area contributed by atoms with Gasteiger partial charge in [-0.1, -0.05) is 71.3 Å². The third-order valence-electron chi connectivity index (χ3n) is 6.04. The van der Waals surface area contributed by atoms with E-state index in [1.54, 1.807) is 0 Å². The minimum absolute atomic E-state index is 1.04. The van der Waals surface area contributed by atoms with Gasteiger partial charge in [0.05, 0.1) is 0 Å². The summed E-state index contributed by atoms with van der Waals surface area (Å²) in [5.74, 6) is 0. The number of hydrogen-bond acceptors (Lipinski definition) is 0. The lowest BCUT2D eigenvalue weighted by Gasteiger charge is -2.30. The van der Waals surface area contributed by atoms with Gasteiger partial charge < -0.3 is 0 Å². The van der Waals surface area contributed by atoms with Crippen LogP contribution in [0.1, 0.15) is 11.1 Å². The van der Waals surface area contributed by atoms with Crippen molar-refractivity contribution < 1.29 is 0 Å². The quantitative estimate of drug-likeness (QED) is 0.172. The second kappa shape index (κ2) is 3.57. The van der Waals surface area contributed by atoms with E-state index in [0.29, 0.717) is 0 Å². The van der Waals surface area contributed by atoms with Gasteiger partial charge in [-0.2, -0.15) is 18.1 Å². The maximum Gasteiger partial charge on any atom is -0.00353 e. The first-order chi connectivity index (χ1) is 11.9. The molecular formula is C24H13-. The number of benzene rings is 6. The van der Waals surface area contributed by atoms with Gasteiger partial charge in [0, 0.05) is 0 Å². The largest absolute Gasteiger partial charge is 0.183 e. The Morgan fingerprint density at radius 3 is 1.54 bits per heavy atom. The summed E-state index contributed by atoms with van der Waals surface area (Å²) >= 11 is 0. The highest BCUT2D eigenvalue weighted by molar-refractivity contribution is 6.40. The van der Waals surface area contributed by atoms with Crippen LogP contribution in [0.3, 0.4) is 0 Å². The van der Waals surface area contributed by atoms with Crippen LogP contribution in [-0.4, -0.2) is 0 Å². The van der Waals surface area contributed by atoms with E-state index in [-0.39, 0.29) is 0 Å². The molecule has 0 nitrogen and oxygen atoms in total. The van der Waals surface area contributed by atoms with Gasteiger partial charge >= 0.3 is 0 Å². The van der Waals surface area contributed by atoms with Gasteiger partial charge in [0.25, 0.3) is 0 Å². The molecule has 0 amide bonds. The van der Waals surface area contributed by atoms with Crippen LogP contribution < -0.4 is 0 Å². The van der Waals surface area contributed by atoms with Gasteiger partial charge in [-0.3, -0.25) is 0 Å². The highest BCUT2D eigenvalue weighted by Gasteiger charge is 2.18. The average molecular weight is 301 g/mol. The van der Waals surface area contributed by atoms with Gasteiger partial charge in [0.15, 0.2) is 0 Å². The molecule has 0 atom stereocenters. The smallest absolute Gasteiger partial charge is 0.00353 e. The van der Waals surface area contributed by atoms with E-state index >= 15 is 0 Å². The minimum atomic E-state index is 1.04. The van der Waals surface area contributed by atoms with Crippen molar-refractivity contribution in [3.8, 4) is 0 Å². The first kappa shape index (κ1) is 11.5. The summed E-state index contributed by atoms with van der Waals surface area (Å²) in [4.78, 5) is 0. The Morgan fingerprint density at radius 2 is 0.917 bits per heavy atom. The Kier molecular flexibility index (Phi) is 1.71. The normalized spacial score (nSPS) is 14.0. The molecule has 0 heterocycles. The molecule has 0 unspecified atom stereocenters. The molecule has 1 aliphatic carbocycles. The van der Waals surface area contributed by atoms with Gasteiger partial charge in [-0.15, -0.1) is 11.5 Å². The highest BCUT2D eigenvalue weighted by atomic mass is 14.3. The molecule has 0 heteroatoms. The predicted molar refractivity (Wildman–Crippen MR) is 103 cm³/mol. The Balaban J connectivity index is 2.07. The van der Waals surface area contributed by atoms with Crippen molar-refractivity contribution in [3.63, 3.8) is 0 Å². The molecule has 0 N–H and O–H groups in total. The SMILES string of the molecule is c1cc2ccc3ccc4ccc5ccc6c7c(c1[CH-]C6)c2c3c4c57. The first-order valence-electron chi connectivity index (χ1n) is 8.60. The zero-order valence-corrected chi connectivity index (χ0v) is 13.1. The van der Waals surface area contributed by atoms with Crippen molar-refractivity contribution in [1.82, 2.24) is 0 Å². The molecular weight excluding hydrogens is 288 g/mol. The van der Waals surface area contributed by atoms with Crippen LogP contribution in [0.2, 0.25) is 0 Å². The summed E-state index contributed by atoms with van der Waals surface area (Å²) in [7, 11) is 0. The number of hydrogen-bond donors (Lipinski definition) is 0. The Hall–Kier alpha value is -2.99. The van der Waals surface area contributed by atoms with Crippen LogP contribution in [0, 0.1) is 6.42 Å². The summed E-state index contributed by atoms with van der Waals surface area (Å²) < 4.78 is 0. The minimum Gasteiger partial charge on any atom is -0.183 e. The Morgan fingerprint density at radius 1 is 0.458 bits per heavy atom. The lowest BCUT2D eigenvalue weighted by Crippen LogP contribution is -2.01. The fraction of sp³-hybridized carbons (Fsp3) is 0.0417. The Bertz CT molecular complexity index is 1310. The first-order valence-corrected chi connectivity index (χ1v) is 8.60. The van der Waals surface area contributed by atoms with Crippen molar-refractivity contribution in [1.29, 1.82) is 0 Å². The molecule has 0 bridgehead atoms. The fourth-order valence-electron chi connectivity index (χ4n) is 5.04. The summed E-state index contributed by atoms with van der Waals surface area (Å²) in [6.07, 6.45) is 3.44. The molecule has 6 aromatic carbocycles. The maximum atomic E-state index is 2.40. The molecule has 6 aromatic rings. The van der Waals surface area contributed by atoms with Crippen LogP contribution >= 0.6 is 0 Å². The van der Waals surface area contributed by atoms with Gasteiger partial charge in [-0.25, -0.2) is 0 Å². The topological polar surface area (TPSA) is 0 Å². The molecule has 0 saturated carbocycles. The molecule has 110 valence electrons. The molecule has 0 spiro atoms. The van der Waals surface area contributed by atoms with E-state index in [1.807, 2.05) is 0 Å². The average Bonchev–Trinajstić information content (AvgIpc) is 2.65. The van der Waals surface area contributed by atoms with Gasteiger partial charge in [0.2, 0.25) is 0 Å². The van der Waals surface area contributed by atoms with E-state index < -0.39 is 0 Å². The highest BCUT2D eigenvalue weighted by Crippen LogP contribution is 2.48. The molecule has 0 saturated heterocycles. The molecule has 24 heavy (non-hydrogen) atoms. The van der Waals surface area contributed by atoms with E-state index in [9.17, 15) is 0 Å². The van der Waals surface area contributed by atoms with Gasteiger partial charge in [-0.05, 0) is 37.7 Å².